The zero-order valence-corrected chi connectivity index (χ0v) is 14.8. The van der Waals surface area contributed by atoms with E-state index >= 15 is 0 Å². The van der Waals surface area contributed by atoms with Crippen molar-refractivity contribution in [3.05, 3.63) is 52.6 Å². The molecule has 0 bridgehead atoms. The van der Waals surface area contributed by atoms with Gasteiger partial charge in [-0.3, -0.25) is 0 Å². The van der Waals surface area contributed by atoms with Crippen LogP contribution in [-0.2, 0) is 12.0 Å². The predicted molar refractivity (Wildman–Crippen MR) is 94.9 cm³/mol. The van der Waals surface area contributed by atoms with Crippen molar-refractivity contribution < 1.29 is 19.1 Å². The number of ether oxygens (including phenoxy) is 1. The Morgan fingerprint density at radius 1 is 1.36 bits per heavy atom. The summed E-state index contributed by atoms with van der Waals surface area (Å²) in [6.07, 6.45) is 2.26. The van der Waals surface area contributed by atoms with Crippen LogP contribution < -0.4 is 4.74 Å². The number of halogens is 1. The molecule has 1 aliphatic carbocycles. The van der Waals surface area contributed by atoms with Gasteiger partial charge in [-0.15, -0.1) is 0 Å². The van der Waals surface area contributed by atoms with Gasteiger partial charge in [0, 0.05) is 16.5 Å². The van der Waals surface area contributed by atoms with Gasteiger partial charge in [0.25, 0.3) is 0 Å². The Kier molecular flexibility index (Phi) is 3.58. The Balaban J connectivity index is 1.84. The minimum absolute atomic E-state index is 0.0506. The molecule has 0 radical (unpaired) electrons. The van der Waals surface area contributed by atoms with Crippen molar-refractivity contribution in [1.29, 1.82) is 0 Å². The highest BCUT2D eigenvalue weighted by Crippen LogP contribution is 2.49. The molecule has 2 aromatic heterocycles. The summed E-state index contributed by atoms with van der Waals surface area (Å²) in [6.45, 7) is 2.70. The van der Waals surface area contributed by atoms with Crippen molar-refractivity contribution in [1.82, 2.24) is 4.57 Å². The number of methoxy groups -OCH3 is 1. The zero-order chi connectivity index (χ0) is 17.8. The van der Waals surface area contributed by atoms with Crippen molar-refractivity contribution >= 4 is 28.5 Å². The summed E-state index contributed by atoms with van der Waals surface area (Å²) in [5.74, 6) is 0.133. The van der Waals surface area contributed by atoms with E-state index in [1.807, 2.05) is 12.1 Å². The molecule has 1 aliphatic rings. The number of fused-ring (bicyclic) bond motifs is 1. The second-order valence-corrected chi connectivity index (χ2v) is 7.20. The summed E-state index contributed by atoms with van der Waals surface area (Å²) in [5.41, 5.74) is 2.34. The van der Waals surface area contributed by atoms with E-state index in [2.05, 4.69) is 17.6 Å². The summed E-state index contributed by atoms with van der Waals surface area (Å²) in [4.78, 5) is 11.0. The van der Waals surface area contributed by atoms with E-state index in [-0.39, 0.29) is 11.2 Å². The first-order valence-corrected chi connectivity index (χ1v) is 8.48. The number of carboxylic acid groups (broad SMARTS) is 1. The molecule has 0 saturated heterocycles. The number of aromatic nitrogens is 1. The minimum atomic E-state index is -1.06. The molecule has 2 heterocycles. The maximum Gasteiger partial charge on any atom is 0.371 e. The summed E-state index contributed by atoms with van der Waals surface area (Å²) in [7, 11) is 1.60. The molecule has 6 heteroatoms. The highest BCUT2D eigenvalue weighted by Gasteiger charge is 2.42. The quantitative estimate of drug-likeness (QED) is 0.717. The van der Waals surface area contributed by atoms with Gasteiger partial charge >= 0.3 is 5.97 Å². The lowest BCUT2D eigenvalue weighted by Crippen LogP contribution is -2.11. The standard InChI is InChI=1S/C19H18ClNO4/c1-19(5-6-19)17-8-11-7-16(24-2)13(20)9-14(11)21(17)10-12-3-4-15(25-12)18(22)23/h3-4,7-9H,5-6,10H2,1-2H3,(H,22,23). The minimum Gasteiger partial charge on any atom is -0.495 e. The summed E-state index contributed by atoms with van der Waals surface area (Å²) < 4.78 is 12.9. The maximum atomic E-state index is 11.0. The Labute approximate surface area is 149 Å². The van der Waals surface area contributed by atoms with Crippen LogP contribution in [0.2, 0.25) is 5.02 Å². The topological polar surface area (TPSA) is 64.6 Å². The first-order valence-electron chi connectivity index (χ1n) is 8.10. The smallest absolute Gasteiger partial charge is 0.371 e. The average molecular weight is 360 g/mol. The zero-order valence-electron chi connectivity index (χ0n) is 14.0. The van der Waals surface area contributed by atoms with Crippen LogP contribution in [0.1, 0.15) is 41.8 Å². The predicted octanol–water partition coefficient (Wildman–Crippen LogP) is 4.69. The fourth-order valence-electron chi connectivity index (χ4n) is 3.27. The number of nitrogens with zero attached hydrogens (tertiary/aromatic N) is 1. The third-order valence-corrected chi connectivity index (χ3v) is 5.28. The normalized spacial score (nSPS) is 15.5. The molecule has 0 amide bonds. The van der Waals surface area contributed by atoms with E-state index in [1.165, 1.54) is 11.8 Å². The van der Waals surface area contributed by atoms with E-state index < -0.39 is 5.97 Å². The van der Waals surface area contributed by atoms with Crippen molar-refractivity contribution in [3.8, 4) is 5.75 Å². The van der Waals surface area contributed by atoms with Crippen molar-refractivity contribution in [2.45, 2.75) is 31.7 Å². The lowest BCUT2D eigenvalue weighted by Gasteiger charge is -2.14. The van der Waals surface area contributed by atoms with Crippen molar-refractivity contribution in [2.24, 2.45) is 0 Å². The van der Waals surface area contributed by atoms with Gasteiger partial charge in [0.1, 0.15) is 11.5 Å². The van der Waals surface area contributed by atoms with Gasteiger partial charge in [-0.05, 0) is 43.2 Å². The van der Waals surface area contributed by atoms with Gasteiger partial charge in [0.2, 0.25) is 5.76 Å². The molecule has 1 saturated carbocycles. The Morgan fingerprint density at radius 2 is 2.12 bits per heavy atom. The van der Waals surface area contributed by atoms with Crippen LogP contribution in [0.5, 0.6) is 5.75 Å². The van der Waals surface area contributed by atoms with Crippen LogP contribution in [-0.4, -0.2) is 22.8 Å². The van der Waals surface area contributed by atoms with Crippen LogP contribution in [0.15, 0.2) is 34.7 Å². The molecule has 25 heavy (non-hydrogen) atoms. The number of furan rings is 1. The van der Waals surface area contributed by atoms with E-state index in [0.29, 0.717) is 23.1 Å². The molecule has 0 spiro atoms. The molecular weight excluding hydrogens is 342 g/mol. The van der Waals surface area contributed by atoms with Crippen molar-refractivity contribution in [2.75, 3.05) is 7.11 Å². The largest absolute Gasteiger partial charge is 0.495 e. The average Bonchev–Trinajstić information content (AvgIpc) is 3.01. The summed E-state index contributed by atoms with van der Waals surface area (Å²) in [5, 5.41) is 10.7. The lowest BCUT2D eigenvalue weighted by molar-refractivity contribution is 0.0660. The molecular formula is C19H18ClNO4. The molecule has 0 aliphatic heterocycles. The molecule has 3 aromatic rings. The van der Waals surface area contributed by atoms with Gasteiger partial charge in [-0.1, -0.05) is 18.5 Å². The summed E-state index contributed by atoms with van der Waals surface area (Å²) >= 11 is 6.32. The fraction of sp³-hybridized carbons (Fsp3) is 0.316. The second kappa shape index (κ2) is 5.56. The Morgan fingerprint density at radius 3 is 2.72 bits per heavy atom. The second-order valence-electron chi connectivity index (χ2n) is 6.79. The monoisotopic (exact) mass is 359 g/mol. The van der Waals surface area contributed by atoms with E-state index in [9.17, 15) is 4.79 Å². The van der Waals surface area contributed by atoms with Gasteiger partial charge in [0.05, 0.1) is 24.2 Å². The number of carboxylic acids is 1. The SMILES string of the molecule is COc1cc2cc(C3(C)CC3)n(Cc3ccc(C(=O)O)o3)c2cc1Cl. The first kappa shape index (κ1) is 16.1. The van der Waals surface area contributed by atoms with E-state index in [4.69, 9.17) is 25.9 Å². The molecule has 5 nitrogen and oxygen atoms in total. The van der Waals surface area contributed by atoms with Crippen LogP contribution in [0.3, 0.4) is 0 Å². The molecule has 1 N–H and O–H groups in total. The third kappa shape index (κ3) is 2.68. The van der Waals surface area contributed by atoms with Crippen molar-refractivity contribution in [3.63, 3.8) is 0 Å². The van der Waals surface area contributed by atoms with Gasteiger partial charge < -0.3 is 18.8 Å². The molecule has 0 unspecified atom stereocenters. The number of benzene rings is 1. The highest BCUT2D eigenvalue weighted by atomic mass is 35.5. The van der Waals surface area contributed by atoms with Crippen LogP contribution in [0.4, 0.5) is 0 Å². The molecule has 1 aromatic carbocycles. The van der Waals surface area contributed by atoms with Gasteiger partial charge in [0.15, 0.2) is 0 Å². The molecule has 130 valence electrons. The van der Waals surface area contributed by atoms with Crippen LogP contribution >= 0.6 is 11.6 Å². The molecule has 4 rings (SSSR count). The summed E-state index contributed by atoms with van der Waals surface area (Å²) in [6, 6.07) is 9.19. The lowest BCUT2D eigenvalue weighted by atomic mass is 10.1. The van der Waals surface area contributed by atoms with E-state index in [0.717, 1.165) is 23.7 Å². The molecule has 0 atom stereocenters. The Bertz CT molecular complexity index is 981. The number of hydrogen-bond donors (Lipinski definition) is 1. The fourth-order valence-corrected chi connectivity index (χ4v) is 3.50. The van der Waals surface area contributed by atoms with Gasteiger partial charge in [-0.2, -0.15) is 0 Å². The Hall–Kier alpha value is -2.40. The number of aromatic carboxylic acids is 1. The maximum absolute atomic E-state index is 11.0. The highest BCUT2D eigenvalue weighted by molar-refractivity contribution is 6.32. The molecule has 1 fully saturated rings. The number of hydrogen-bond acceptors (Lipinski definition) is 3. The van der Waals surface area contributed by atoms with E-state index in [1.54, 1.807) is 13.2 Å². The van der Waals surface area contributed by atoms with Crippen LogP contribution in [0, 0.1) is 0 Å². The van der Waals surface area contributed by atoms with Crippen LogP contribution in [0.25, 0.3) is 10.9 Å². The number of rotatable bonds is 5. The van der Waals surface area contributed by atoms with Gasteiger partial charge in [-0.25, -0.2) is 4.79 Å². The third-order valence-electron chi connectivity index (χ3n) is 4.98. The number of carbonyl (C=O) groups is 1. The first-order chi connectivity index (χ1) is 11.9.